The molecule has 4 rings (SSSR count). The van der Waals surface area contributed by atoms with Gasteiger partial charge in [-0.15, -0.1) is 0 Å². The fraction of sp³-hybridized carbons (Fsp3) is 0.0800. The Morgan fingerprint density at radius 2 is 1.56 bits per heavy atom. The number of anilines is 5. The molecule has 3 aromatic carbocycles. The average Bonchev–Trinajstić information content (AvgIpc) is 2.87. The maximum absolute atomic E-state index is 12.6. The van der Waals surface area contributed by atoms with Crippen molar-refractivity contribution in [3.8, 4) is 0 Å². The molecule has 0 spiro atoms. The SMILES string of the molecule is CNC(=O)c1ccccc1Nc1nc(Nc2ccc(NS(=O)(=O)c3ccc(C)cc3)cc2)ncc1Cl. The minimum Gasteiger partial charge on any atom is -0.355 e. The van der Waals surface area contributed by atoms with Crippen LogP contribution in [0.5, 0.6) is 0 Å². The fourth-order valence-corrected chi connectivity index (χ4v) is 4.45. The summed E-state index contributed by atoms with van der Waals surface area (Å²) in [6.07, 6.45) is 1.44. The second kappa shape index (κ2) is 10.6. The molecule has 4 N–H and O–H groups in total. The first-order valence-corrected chi connectivity index (χ1v) is 12.7. The van der Waals surface area contributed by atoms with E-state index in [-0.39, 0.29) is 21.8 Å². The van der Waals surface area contributed by atoms with E-state index in [0.29, 0.717) is 28.4 Å². The largest absolute Gasteiger partial charge is 0.355 e. The molecule has 0 saturated heterocycles. The monoisotopic (exact) mass is 522 g/mol. The molecular weight excluding hydrogens is 500 g/mol. The molecule has 9 nitrogen and oxygen atoms in total. The van der Waals surface area contributed by atoms with Crippen LogP contribution in [0.4, 0.5) is 28.8 Å². The number of hydrogen-bond donors (Lipinski definition) is 4. The Balaban J connectivity index is 1.48. The van der Waals surface area contributed by atoms with Crippen LogP contribution in [-0.4, -0.2) is 31.3 Å². The molecule has 0 fully saturated rings. The number of rotatable bonds is 8. The number of nitrogens with one attached hydrogen (secondary N) is 4. The first-order chi connectivity index (χ1) is 17.2. The molecule has 0 bridgehead atoms. The maximum atomic E-state index is 12.6. The van der Waals surface area contributed by atoms with Gasteiger partial charge in [-0.1, -0.05) is 41.4 Å². The molecule has 0 aliphatic heterocycles. The Morgan fingerprint density at radius 3 is 2.25 bits per heavy atom. The standard InChI is InChI=1S/C25H23ClN6O3S/c1-16-7-13-19(14-8-16)36(34,35)32-18-11-9-17(10-12-18)29-25-28-15-21(26)23(31-25)30-22-6-4-3-5-20(22)24(33)27-2/h3-15,32H,1-2H3,(H,27,33)(H2,28,29,30,31). The second-order valence-corrected chi connectivity index (χ2v) is 9.85. The van der Waals surface area contributed by atoms with Gasteiger partial charge in [0.05, 0.1) is 22.3 Å². The molecule has 0 radical (unpaired) electrons. The first-order valence-electron chi connectivity index (χ1n) is 10.8. The van der Waals surface area contributed by atoms with Crippen LogP contribution in [0.15, 0.2) is 83.9 Å². The summed E-state index contributed by atoms with van der Waals surface area (Å²) in [4.78, 5) is 20.9. The number of carbonyl (C=O) groups is 1. The molecule has 1 amide bonds. The van der Waals surface area contributed by atoms with Crippen molar-refractivity contribution in [2.75, 3.05) is 22.4 Å². The summed E-state index contributed by atoms with van der Waals surface area (Å²) < 4.78 is 27.8. The van der Waals surface area contributed by atoms with Crippen LogP contribution in [0, 0.1) is 6.92 Å². The van der Waals surface area contributed by atoms with Gasteiger partial charge in [-0.25, -0.2) is 13.4 Å². The molecule has 4 aromatic rings. The fourth-order valence-electron chi connectivity index (χ4n) is 3.25. The number of amides is 1. The van der Waals surface area contributed by atoms with Crippen LogP contribution in [0.3, 0.4) is 0 Å². The highest BCUT2D eigenvalue weighted by Gasteiger charge is 2.15. The van der Waals surface area contributed by atoms with Crippen molar-refractivity contribution < 1.29 is 13.2 Å². The van der Waals surface area contributed by atoms with Crippen LogP contribution in [0.25, 0.3) is 0 Å². The van der Waals surface area contributed by atoms with Gasteiger partial charge in [0.2, 0.25) is 5.95 Å². The third-order valence-electron chi connectivity index (χ3n) is 5.12. The summed E-state index contributed by atoms with van der Waals surface area (Å²) in [7, 11) is -2.15. The Kier molecular flexibility index (Phi) is 7.37. The van der Waals surface area contributed by atoms with Crippen molar-refractivity contribution in [3.05, 3.63) is 95.1 Å². The van der Waals surface area contributed by atoms with E-state index in [1.54, 1.807) is 79.8 Å². The minimum absolute atomic E-state index is 0.183. The van der Waals surface area contributed by atoms with Crippen molar-refractivity contribution in [1.29, 1.82) is 0 Å². The Bertz CT molecular complexity index is 1490. The minimum atomic E-state index is -3.70. The quantitative estimate of drug-likeness (QED) is 0.254. The molecule has 0 atom stereocenters. The number of sulfonamides is 1. The number of carbonyl (C=O) groups excluding carboxylic acids is 1. The van der Waals surface area contributed by atoms with Crippen molar-refractivity contribution in [2.24, 2.45) is 0 Å². The summed E-state index contributed by atoms with van der Waals surface area (Å²) in [6.45, 7) is 1.89. The van der Waals surface area contributed by atoms with Gasteiger partial charge < -0.3 is 16.0 Å². The molecule has 0 saturated carbocycles. The Hall–Kier alpha value is -4.15. The van der Waals surface area contributed by atoms with Gasteiger partial charge in [-0.05, 0) is 55.5 Å². The molecular formula is C25H23ClN6O3S. The van der Waals surface area contributed by atoms with Crippen LogP contribution < -0.4 is 20.7 Å². The Morgan fingerprint density at radius 1 is 0.889 bits per heavy atom. The topological polar surface area (TPSA) is 125 Å². The molecule has 0 aliphatic carbocycles. The van der Waals surface area contributed by atoms with E-state index < -0.39 is 10.0 Å². The zero-order valence-electron chi connectivity index (χ0n) is 19.4. The zero-order chi connectivity index (χ0) is 25.7. The van der Waals surface area contributed by atoms with Gasteiger partial charge in [0.1, 0.15) is 5.02 Å². The second-order valence-electron chi connectivity index (χ2n) is 7.76. The number of hydrogen-bond acceptors (Lipinski definition) is 7. The van der Waals surface area contributed by atoms with Gasteiger partial charge in [-0.3, -0.25) is 9.52 Å². The van der Waals surface area contributed by atoms with Crippen LogP contribution in [0.1, 0.15) is 15.9 Å². The number of aryl methyl sites for hydroxylation is 1. The van der Waals surface area contributed by atoms with Crippen molar-refractivity contribution in [2.45, 2.75) is 11.8 Å². The van der Waals surface area contributed by atoms with E-state index >= 15 is 0 Å². The van der Waals surface area contributed by atoms with E-state index in [4.69, 9.17) is 11.6 Å². The highest BCUT2D eigenvalue weighted by molar-refractivity contribution is 7.92. The average molecular weight is 523 g/mol. The van der Waals surface area contributed by atoms with Gasteiger partial charge in [0, 0.05) is 18.4 Å². The van der Waals surface area contributed by atoms with Crippen LogP contribution in [0.2, 0.25) is 5.02 Å². The predicted molar refractivity (Wildman–Crippen MR) is 142 cm³/mol. The third kappa shape index (κ3) is 5.91. The zero-order valence-corrected chi connectivity index (χ0v) is 21.0. The summed E-state index contributed by atoms with van der Waals surface area (Å²) in [5.41, 5.74) is 2.99. The smallest absolute Gasteiger partial charge is 0.261 e. The molecule has 1 aromatic heterocycles. The van der Waals surface area contributed by atoms with Crippen molar-refractivity contribution in [3.63, 3.8) is 0 Å². The maximum Gasteiger partial charge on any atom is 0.261 e. The lowest BCUT2D eigenvalue weighted by Crippen LogP contribution is -2.19. The molecule has 0 unspecified atom stereocenters. The van der Waals surface area contributed by atoms with Crippen LogP contribution in [-0.2, 0) is 10.0 Å². The molecule has 11 heteroatoms. The number of halogens is 1. The first kappa shape index (κ1) is 25.0. The van der Waals surface area contributed by atoms with E-state index in [1.807, 2.05) is 6.92 Å². The number of para-hydroxylation sites is 1. The number of benzene rings is 3. The molecule has 0 aliphatic rings. The van der Waals surface area contributed by atoms with E-state index in [0.717, 1.165) is 5.56 Å². The van der Waals surface area contributed by atoms with E-state index in [2.05, 4.69) is 30.6 Å². The number of nitrogens with zero attached hydrogens (tertiary/aromatic N) is 2. The van der Waals surface area contributed by atoms with E-state index in [1.165, 1.54) is 6.20 Å². The number of aromatic nitrogens is 2. The van der Waals surface area contributed by atoms with Gasteiger partial charge >= 0.3 is 0 Å². The normalized spacial score (nSPS) is 11.0. The predicted octanol–water partition coefficient (Wildman–Crippen LogP) is 5.09. The third-order valence-corrected chi connectivity index (χ3v) is 6.79. The van der Waals surface area contributed by atoms with Gasteiger partial charge in [0.15, 0.2) is 5.82 Å². The molecule has 1 heterocycles. The Labute approximate surface area is 214 Å². The lowest BCUT2D eigenvalue weighted by atomic mass is 10.1. The summed E-state index contributed by atoms with van der Waals surface area (Å²) in [5, 5.41) is 9.00. The molecule has 184 valence electrons. The van der Waals surface area contributed by atoms with Crippen molar-refractivity contribution in [1.82, 2.24) is 15.3 Å². The lowest BCUT2D eigenvalue weighted by Gasteiger charge is -2.13. The lowest BCUT2D eigenvalue weighted by molar-refractivity contribution is 0.0964. The highest BCUT2D eigenvalue weighted by Crippen LogP contribution is 2.27. The summed E-state index contributed by atoms with van der Waals surface area (Å²) >= 11 is 6.28. The summed E-state index contributed by atoms with van der Waals surface area (Å²) in [6, 6.07) is 20.2. The van der Waals surface area contributed by atoms with Gasteiger partial charge in [-0.2, -0.15) is 4.98 Å². The van der Waals surface area contributed by atoms with Crippen LogP contribution >= 0.6 is 11.6 Å². The van der Waals surface area contributed by atoms with E-state index in [9.17, 15) is 13.2 Å². The van der Waals surface area contributed by atoms with Gasteiger partial charge in [0.25, 0.3) is 15.9 Å². The highest BCUT2D eigenvalue weighted by atomic mass is 35.5. The molecule has 36 heavy (non-hydrogen) atoms. The van der Waals surface area contributed by atoms with Crippen molar-refractivity contribution >= 4 is 56.4 Å². The summed E-state index contributed by atoms with van der Waals surface area (Å²) in [5.74, 6) is 0.319.